The van der Waals surface area contributed by atoms with E-state index in [9.17, 15) is 8.42 Å². The Morgan fingerprint density at radius 2 is 2.19 bits per heavy atom. The lowest BCUT2D eigenvalue weighted by atomic mass is 10.4. The van der Waals surface area contributed by atoms with Crippen molar-refractivity contribution >= 4 is 27.4 Å². The van der Waals surface area contributed by atoms with E-state index >= 15 is 0 Å². The second-order valence-electron chi connectivity index (χ2n) is 4.25. The van der Waals surface area contributed by atoms with E-state index in [1.807, 2.05) is 11.6 Å². The fourth-order valence-corrected chi connectivity index (χ4v) is 2.98. The topological polar surface area (TPSA) is 115 Å². The molecule has 2 heterocycles. The fraction of sp³-hybridized carbons (Fsp3) is 0.273. The maximum atomic E-state index is 12.1. The van der Waals surface area contributed by atoms with Crippen molar-refractivity contribution < 1.29 is 8.42 Å². The minimum Gasteiger partial charge on any atom is -0.338 e. The summed E-state index contributed by atoms with van der Waals surface area (Å²) in [6, 6.07) is 1.28. The summed E-state index contributed by atoms with van der Waals surface area (Å²) in [5.41, 5.74) is 2.27. The van der Waals surface area contributed by atoms with Gasteiger partial charge in [-0.1, -0.05) is 11.6 Å². The van der Waals surface area contributed by atoms with E-state index in [-0.39, 0.29) is 22.3 Å². The van der Waals surface area contributed by atoms with Crippen LogP contribution in [0.15, 0.2) is 29.6 Å². The van der Waals surface area contributed by atoms with Crippen LogP contribution < -0.4 is 16.0 Å². The summed E-state index contributed by atoms with van der Waals surface area (Å²) in [6.45, 7) is 0.224. The van der Waals surface area contributed by atoms with Crippen molar-refractivity contribution in [3.05, 3.63) is 35.5 Å². The Bertz CT molecular complexity index is 730. The molecule has 114 valence electrons. The van der Waals surface area contributed by atoms with Crippen LogP contribution in [0.3, 0.4) is 0 Å². The third-order valence-corrected chi connectivity index (χ3v) is 4.54. The number of rotatable bonds is 6. The predicted octanol–water partition coefficient (Wildman–Crippen LogP) is 0.275. The second kappa shape index (κ2) is 6.39. The first-order chi connectivity index (χ1) is 9.94. The van der Waals surface area contributed by atoms with E-state index in [2.05, 4.69) is 20.1 Å². The van der Waals surface area contributed by atoms with Gasteiger partial charge in [-0.05, 0) is 6.07 Å². The first-order valence-corrected chi connectivity index (χ1v) is 7.88. The quantitative estimate of drug-likeness (QED) is 0.517. The fourth-order valence-electron chi connectivity index (χ4n) is 1.69. The summed E-state index contributed by atoms with van der Waals surface area (Å²) in [5, 5.41) is 0.129. The highest BCUT2D eigenvalue weighted by atomic mass is 35.5. The SMILES string of the molecule is Cn1ccnc1CCNS(=O)(=O)c1cnc(NN)c(Cl)c1. The number of halogens is 1. The van der Waals surface area contributed by atoms with Crippen LogP contribution >= 0.6 is 11.6 Å². The van der Waals surface area contributed by atoms with Gasteiger partial charge in [0.1, 0.15) is 10.7 Å². The average molecular weight is 331 g/mol. The minimum absolute atomic E-state index is 0.0219. The number of aromatic nitrogens is 3. The molecule has 8 nitrogen and oxygen atoms in total. The monoisotopic (exact) mass is 330 g/mol. The lowest BCUT2D eigenvalue weighted by Crippen LogP contribution is -2.27. The number of nitrogens with zero attached hydrogens (tertiary/aromatic N) is 3. The van der Waals surface area contributed by atoms with Gasteiger partial charge < -0.3 is 9.99 Å². The molecule has 2 aromatic heterocycles. The molecule has 0 amide bonds. The molecule has 10 heteroatoms. The number of nitrogens with one attached hydrogen (secondary N) is 2. The summed E-state index contributed by atoms with van der Waals surface area (Å²) >= 11 is 5.86. The maximum Gasteiger partial charge on any atom is 0.242 e. The second-order valence-corrected chi connectivity index (χ2v) is 6.42. The summed E-state index contributed by atoms with van der Waals surface area (Å²) in [5.74, 6) is 6.19. The van der Waals surface area contributed by atoms with E-state index in [0.717, 1.165) is 5.82 Å². The Hall–Kier alpha value is -1.68. The number of hydrogen-bond acceptors (Lipinski definition) is 6. The van der Waals surface area contributed by atoms with Crippen LogP contribution in [0, 0.1) is 0 Å². The molecule has 0 saturated carbocycles. The zero-order valence-electron chi connectivity index (χ0n) is 11.2. The van der Waals surface area contributed by atoms with Crippen molar-refractivity contribution in [3.63, 3.8) is 0 Å². The number of nitrogens with two attached hydrogens (primary N) is 1. The highest BCUT2D eigenvalue weighted by Crippen LogP contribution is 2.21. The van der Waals surface area contributed by atoms with Gasteiger partial charge in [0.15, 0.2) is 5.82 Å². The van der Waals surface area contributed by atoms with Gasteiger partial charge in [-0.25, -0.2) is 29.0 Å². The van der Waals surface area contributed by atoms with Gasteiger partial charge in [0.25, 0.3) is 0 Å². The molecule has 0 aliphatic carbocycles. The molecule has 0 aliphatic rings. The molecule has 0 bridgehead atoms. The van der Waals surface area contributed by atoms with Gasteiger partial charge in [0.05, 0.1) is 5.02 Å². The third-order valence-electron chi connectivity index (χ3n) is 2.82. The Morgan fingerprint density at radius 3 is 2.76 bits per heavy atom. The van der Waals surface area contributed by atoms with Gasteiger partial charge in [0.2, 0.25) is 10.0 Å². The first-order valence-electron chi connectivity index (χ1n) is 6.02. The number of aryl methyl sites for hydroxylation is 1. The number of anilines is 1. The van der Waals surface area contributed by atoms with Crippen LogP contribution in [-0.2, 0) is 23.5 Å². The normalized spacial score (nSPS) is 11.6. The standard InChI is InChI=1S/C11H15ClN6O2S/c1-18-5-4-14-10(18)2-3-16-21(19,20)8-6-9(12)11(17-13)15-7-8/h4-7,16H,2-3,13H2,1H3,(H,15,17). The van der Waals surface area contributed by atoms with Crippen LogP contribution in [0.2, 0.25) is 5.02 Å². The molecule has 0 atom stereocenters. The number of sulfonamides is 1. The van der Waals surface area contributed by atoms with Gasteiger partial charge in [-0.15, -0.1) is 0 Å². The Labute approximate surface area is 127 Å². The lowest BCUT2D eigenvalue weighted by molar-refractivity contribution is 0.579. The Morgan fingerprint density at radius 1 is 1.43 bits per heavy atom. The van der Waals surface area contributed by atoms with Crippen molar-refractivity contribution in [1.82, 2.24) is 19.3 Å². The highest BCUT2D eigenvalue weighted by Gasteiger charge is 2.16. The predicted molar refractivity (Wildman–Crippen MR) is 79.2 cm³/mol. The molecule has 0 fully saturated rings. The van der Waals surface area contributed by atoms with Gasteiger partial charge in [-0.2, -0.15) is 0 Å². The molecule has 0 aromatic carbocycles. The molecule has 0 saturated heterocycles. The minimum atomic E-state index is -3.68. The molecule has 4 N–H and O–H groups in total. The summed E-state index contributed by atoms with van der Waals surface area (Å²) in [4.78, 5) is 7.93. The number of hydrogen-bond donors (Lipinski definition) is 3. The van der Waals surface area contributed by atoms with Crippen LogP contribution in [0.4, 0.5) is 5.82 Å². The number of nitrogen functional groups attached to an aromatic ring is 1. The molecule has 2 aromatic rings. The molecular formula is C11H15ClN6O2S. The van der Waals surface area contributed by atoms with E-state index in [0.29, 0.717) is 6.42 Å². The lowest BCUT2D eigenvalue weighted by Gasteiger charge is -2.08. The number of imidazole rings is 1. The van der Waals surface area contributed by atoms with Crippen LogP contribution in [0.5, 0.6) is 0 Å². The van der Waals surface area contributed by atoms with Gasteiger partial charge in [0, 0.05) is 38.6 Å². The van der Waals surface area contributed by atoms with E-state index in [1.165, 1.54) is 12.3 Å². The Balaban J connectivity index is 2.05. The largest absolute Gasteiger partial charge is 0.338 e. The molecule has 0 radical (unpaired) electrons. The van der Waals surface area contributed by atoms with Crippen molar-refractivity contribution in [2.24, 2.45) is 12.9 Å². The van der Waals surface area contributed by atoms with E-state index < -0.39 is 10.0 Å². The van der Waals surface area contributed by atoms with Crippen LogP contribution in [-0.4, -0.2) is 29.5 Å². The molecular weight excluding hydrogens is 316 g/mol. The number of pyridine rings is 1. The van der Waals surface area contributed by atoms with Crippen molar-refractivity contribution in [2.75, 3.05) is 12.0 Å². The zero-order chi connectivity index (χ0) is 15.5. The zero-order valence-corrected chi connectivity index (χ0v) is 12.8. The van der Waals surface area contributed by atoms with Crippen LogP contribution in [0.25, 0.3) is 0 Å². The van der Waals surface area contributed by atoms with E-state index in [1.54, 1.807) is 12.4 Å². The smallest absolute Gasteiger partial charge is 0.242 e. The molecule has 0 unspecified atom stereocenters. The maximum absolute atomic E-state index is 12.1. The molecule has 0 aliphatic heterocycles. The third kappa shape index (κ3) is 3.70. The molecule has 2 rings (SSSR count). The number of hydrazine groups is 1. The molecule has 0 spiro atoms. The van der Waals surface area contributed by atoms with Crippen molar-refractivity contribution in [3.8, 4) is 0 Å². The van der Waals surface area contributed by atoms with Crippen molar-refractivity contribution in [1.29, 1.82) is 0 Å². The first kappa shape index (κ1) is 15.7. The van der Waals surface area contributed by atoms with Gasteiger partial charge in [-0.3, -0.25) is 0 Å². The summed E-state index contributed by atoms with van der Waals surface area (Å²) in [6.07, 6.45) is 5.12. The highest BCUT2D eigenvalue weighted by molar-refractivity contribution is 7.89. The average Bonchev–Trinajstić information content (AvgIpc) is 2.84. The van der Waals surface area contributed by atoms with E-state index in [4.69, 9.17) is 17.4 Å². The molecule has 21 heavy (non-hydrogen) atoms. The van der Waals surface area contributed by atoms with Crippen molar-refractivity contribution in [2.45, 2.75) is 11.3 Å². The van der Waals surface area contributed by atoms with Crippen LogP contribution in [0.1, 0.15) is 5.82 Å². The van der Waals surface area contributed by atoms with Gasteiger partial charge >= 0.3 is 0 Å². The summed E-state index contributed by atoms with van der Waals surface area (Å²) in [7, 11) is -1.83. The Kier molecular flexibility index (Phi) is 4.78. The summed E-state index contributed by atoms with van der Waals surface area (Å²) < 4.78 is 28.5.